The van der Waals surface area contributed by atoms with Crippen LogP contribution in [-0.4, -0.2) is 44.2 Å². The Morgan fingerprint density at radius 2 is 2.04 bits per heavy atom. The number of aromatic amines is 1. The molecular formula is C18H22N6O2S2. The van der Waals surface area contributed by atoms with Gasteiger partial charge in [0.2, 0.25) is 11.9 Å². The minimum atomic E-state index is -0.263. The SMILES string of the molecule is Cc1sc2nc(CSC(C)C(=O)NCCNc3ncccn3)[nH]c(=O)c2c1C. The van der Waals surface area contributed by atoms with Crippen LogP contribution in [0.2, 0.25) is 0 Å². The number of nitrogens with zero attached hydrogens (tertiary/aromatic N) is 3. The molecule has 10 heteroatoms. The Bertz CT molecular complexity index is 1020. The van der Waals surface area contributed by atoms with Gasteiger partial charge < -0.3 is 15.6 Å². The number of amides is 1. The van der Waals surface area contributed by atoms with Crippen LogP contribution in [0.25, 0.3) is 10.2 Å². The van der Waals surface area contributed by atoms with E-state index in [1.165, 1.54) is 23.1 Å². The van der Waals surface area contributed by atoms with E-state index in [4.69, 9.17) is 0 Å². The summed E-state index contributed by atoms with van der Waals surface area (Å²) >= 11 is 2.96. The highest BCUT2D eigenvalue weighted by Crippen LogP contribution is 2.26. The molecule has 0 radical (unpaired) electrons. The Labute approximate surface area is 170 Å². The Morgan fingerprint density at radius 1 is 1.29 bits per heavy atom. The molecule has 1 atom stereocenters. The zero-order valence-corrected chi connectivity index (χ0v) is 17.5. The third kappa shape index (κ3) is 4.87. The average molecular weight is 419 g/mol. The maximum absolute atomic E-state index is 12.3. The zero-order chi connectivity index (χ0) is 20.1. The van der Waals surface area contributed by atoms with Gasteiger partial charge in [0.25, 0.3) is 5.56 Å². The Balaban J connectivity index is 1.48. The first-order chi connectivity index (χ1) is 13.5. The van der Waals surface area contributed by atoms with Gasteiger partial charge in [-0.25, -0.2) is 15.0 Å². The van der Waals surface area contributed by atoms with Gasteiger partial charge in [-0.1, -0.05) is 0 Å². The van der Waals surface area contributed by atoms with Crippen LogP contribution in [0, 0.1) is 13.8 Å². The van der Waals surface area contributed by atoms with Gasteiger partial charge in [0.1, 0.15) is 10.7 Å². The normalized spacial score (nSPS) is 12.1. The fourth-order valence-electron chi connectivity index (χ4n) is 2.54. The minimum absolute atomic E-state index is 0.0629. The van der Waals surface area contributed by atoms with Crippen LogP contribution >= 0.6 is 23.1 Å². The number of hydrogen-bond acceptors (Lipinski definition) is 8. The summed E-state index contributed by atoms with van der Waals surface area (Å²) in [4.78, 5) is 41.9. The molecule has 3 aromatic rings. The zero-order valence-electron chi connectivity index (χ0n) is 15.9. The molecule has 28 heavy (non-hydrogen) atoms. The van der Waals surface area contributed by atoms with E-state index in [0.29, 0.717) is 36.0 Å². The molecule has 1 amide bonds. The molecular weight excluding hydrogens is 396 g/mol. The van der Waals surface area contributed by atoms with E-state index in [9.17, 15) is 9.59 Å². The van der Waals surface area contributed by atoms with Crippen molar-refractivity contribution in [2.45, 2.75) is 31.8 Å². The summed E-state index contributed by atoms with van der Waals surface area (Å²) in [6.45, 7) is 6.77. The number of thiophene rings is 1. The fourth-order valence-corrected chi connectivity index (χ4v) is 4.37. The molecule has 0 bridgehead atoms. The number of hydrogen-bond donors (Lipinski definition) is 3. The van der Waals surface area contributed by atoms with Gasteiger partial charge in [0, 0.05) is 30.4 Å². The van der Waals surface area contributed by atoms with Crippen LogP contribution in [0.5, 0.6) is 0 Å². The molecule has 3 N–H and O–H groups in total. The summed E-state index contributed by atoms with van der Waals surface area (Å²) in [6, 6.07) is 1.74. The highest BCUT2D eigenvalue weighted by atomic mass is 32.2. The van der Waals surface area contributed by atoms with Crippen molar-refractivity contribution in [2.24, 2.45) is 0 Å². The molecule has 0 fully saturated rings. The Morgan fingerprint density at radius 3 is 2.79 bits per heavy atom. The van der Waals surface area contributed by atoms with Gasteiger partial charge in [0.05, 0.1) is 16.4 Å². The summed E-state index contributed by atoms with van der Waals surface area (Å²) in [7, 11) is 0. The first-order valence-corrected chi connectivity index (χ1v) is 10.7. The summed E-state index contributed by atoms with van der Waals surface area (Å²) in [6.07, 6.45) is 3.31. The number of anilines is 1. The first kappa shape index (κ1) is 20.3. The maximum atomic E-state index is 12.3. The van der Waals surface area contributed by atoms with Gasteiger partial charge in [-0.3, -0.25) is 9.59 Å². The molecule has 3 rings (SSSR count). The Kier molecular flexibility index (Phi) is 6.63. The lowest BCUT2D eigenvalue weighted by Crippen LogP contribution is -2.34. The smallest absolute Gasteiger partial charge is 0.259 e. The van der Waals surface area contributed by atoms with Gasteiger partial charge in [-0.2, -0.15) is 0 Å². The van der Waals surface area contributed by atoms with Gasteiger partial charge in [-0.05, 0) is 32.4 Å². The third-order valence-corrected chi connectivity index (χ3v) is 6.46. The van der Waals surface area contributed by atoms with Crippen LogP contribution in [0.3, 0.4) is 0 Å². The van der Waals surface area contributed by atoms with Crippen molar-refractivity contribution < 1.29 is 4.79 Å². The number of H-pyrrole nitrogens is 1. The molecule has 0 spiro atoms. The van der Waals surface area contributed by atoms with E-state index in [1.807, 2.05) is 20.8 Å². The van der Waals surface area contributed by atoms with Gasteiger partial charge >= 0.3 is 0 Å². The van der Waals surface area contributed by atoms with Crippen molar-refractivity contribution in [3.05, 3.63) is 45.1 Å². The van der Waals surface area contributed by atoms with Crippen LogP contribution in [-0.2, 0) is 10.5 Å². The molecule has 3 heterocycles. The monoisotopic (exact) mass is 418 g/mol. The van der Waals surface area contributed by atoms with Crippen molar-refractivity contribution >= 4 is 45.2 Å². The summed E-state index contributed by atoms with van der Waals surface area (Å²) in [5.41, 5.74) is 0.865. The van der Waals surface area contributed by atoms with E-state index < -0.39 is 0 Å². The predicted octanol–water partition coefficient (Wildman–Crippen LogP) is 2.24. The highest BCUT2D eigenvalue weighted by Gasteiger charge is 2.15. The number of thioether (sulfide) groups is 1. The molecule has 3 aromatic heterocycles. The quantitative estimate of drug-likeness (QED) is 0.481. The lowest BCUT2D eigenvalue weighted by molar-refractivity contribution is -0.120. The van der Waals surface area contributed by atoms with E-state index in [1.54, 1.807) is 18.5 Å². The molecule has 0 saturated carbocycles. The maximum Gasteiger partial charge on any atom is 0.259 e. The van der Waals surface area contributed by atoms with E-state index >= 15 is 0 Å². The topological polar surface area (TPSA) is 113 Å². The summed E-state index contributed by atoms with van der Waals surface area (Å²) in [5.74, 6) is 1.52. The second-order valence-electron chi connectivity index (χ2n) is 6.22. The molecule has 148 valence electrons. The number of rotatable bonds is 8. The standard InChI is InChI=1S/C18H22N6O2S2/c1-10-11(2)28-17-14(10)16(26)23-13(24-17)9-27-12(3)15(25)19-7-8-22-18-20-5-4-6-21-18/h4-6,12H,7-9H2,1-3H3,(H,19,25)(H,20,21,22)(H,23,24,26). The molecule has 0 aliphatic heterocycles. The van der Waals surface area contributed by atoms with Gasteiger partial charge in [0.15, 0.2) is 0 Å². The number of aryl methyl sites for hydroxylation is 2. The van der Waals surface area contributed by atoms with Crippen molar-refractivity contribution in [1.82, 2.24) is 25.3 Å². The lowest BCUT2D eigenvalue weighted by Gasteiger charge is -2.12. The number of carbonyl (C=O) groups excluding carboxylic acids is 1. The second-order valence-corrected chi connectivity index (χ2v) is 8.75. The number of aromatic nitrogens is 4. The van der Waals surface area contributed by atoms with Crippen molar-refractivity contribution in [1.29, 1.82) is 0 Å². The van der Waals surface area contributed by atoms with E-state index in [0.717, 1.165) is 15.3 Å². The Hall–Kier alpha value is -2.46. The largest absolute Gasteiger partial charge is 0.353 e. The average Bonchev–Trinajstić information content (AvgIpc) is 2.98. The van der Waals surface area contributed by atoms with Crippen LogP contribution < -0.4 is 16.2 Å². The van der Waals surface area contributed by atoms with Crippen molar-refractivity contribution in [3.63, 3.8) is 0 Å². The lowest BCUT2D eigenvalue weighted by atomic mass is 10.2. The number of nitrogens with one attached hydrogen (secondary N) is 3. The van der Waals surface area contributed by atoms with Crippen molar-refractivity contribution in [3.8, 4) is 0 Å². The molecule has 1 unspecified atom stereocenters. The molecule has 0 aromatic carbocycles. The van der Waals surface area contributed by atoms with Gasteiger partial charge in [-0.15, -0.1) is 23.1 Å². The highest BCUT2D eigenvalue weighted by molar-refractivity contribution is 7.99. The molecule has 0 aliphatic carbocycles. The molecule has 0 aliphatic rings. The van der Waals surface area contributed by atoms with Crippen molar-refractivity contribution in [2.75, 3.05) is 18.4 Å². The fraction of sp³-hybridized carbons (Fsp3) is 0.389. The van der Waals surface area contributed by atoms with E-state index in [2.05, 4.69) is 30.6 Å². The van der Waals surface area contributed by atoms with Crippen LogP contribution in [0.15, 0.2) is 23.3 Å². The number of fused-ring (bicyclic) bond motifs is 1. The third-order valence-electron chi connectivity index (χ3n) is 4.20. The minimum Gasteiger partial charge on any atom is -0.353 e. The first-order valence-electron chi connectivity index (χ1n) is 8.85. The molecule has 0 saturated heterocycles. The second kappa shape index (κ2) is 9.16. The van der Waals surface area contributed by atoms with Crippen LogP contribution in [0.1, 0.15) is 23.2 Å². The predicted molar refractivity (Wildman–Crippen MR) is 114 cm³/mol. The van der Waals surface area contributed by atoms with E-state index in [-0.39, 0.29) is 16.7 Å². The summed E-state index contributed by atoms with van der Waals surface area (Å²) in [5, 5.41) is 6.31. The summed E-state index contributed by atoms with van der Waals surface area (Å²) < 4.78 is 0. The number of carbonyl (C=O) groups is 1. The van der Waals surface area contributed by atoms with Crippen LogP contribution in [0.4, 0.5) is 5.95 Å². The molecule has 8 nitrogen and oxygen atoms in total.